The number of nitrogens with one attached hydrogen (secondary N) is 2. The zero-order chi connectivity index (χ0) is 20.0. The molecule has 6 nitrogen and oxygen atoms in total. The molecule has 0 bridgehead atoms. The lowest BCUT2D eigenvalue weighted by Gasteiger charge is -2.15. The molecule has 3 heterocycles. The number of carbonyl (C=O) groups excluding carboxylic acids is 1. The van der Waals surface area contributed by atoms with Crippen molar-refractivity contribution in [3.8, 4) is 0 Å². The van der Waals surface area contributed by atoms with Gasteiger partial charge in [-0.05, 0) is 47.1 Å². The molecule has 0 radical (unpaired) electrons. The Bertz CT molecular complexity index is 1300. The molecule has 3 aromatic heterocycles. The monoisotopic (exact) mass is 477 g/mol. The number of benzene rings is 1. The van der Waals surface area contributed by atoms with Gasteiger partial charge < -0.3 is 14.5 Å². The van der Waals surface area contributed by atoms with Crippen LogP contribution in [0.1, 0.15) is 22.8 Å². The Morgan fingerprint density at radius 1 is 1.36 bits per heavy atom. The van der Waals surface area contributed by atoms with Crippen LogP contribution in [-0.2, 0) is 16.9 Å². The highest BCUT2D eigenvalue weighted by Gasteiger charge is 2.27. The molecule has 0 aliphatic heterocycles. The Labute approximate surface area is 175 Å². The summed E-state index contributed by atoms with van der Waals surface area (Å²) in [5.74, 6) is -0.365. The molecule has 0 saturated carbocycles. The van der Waals surface area contributed by atoms with Crippen molar-refractivity contribution in [3.63, 3.8) is 0 Å². The number of nitrogens with zero attached hydrogens (tertiary/aromatic N) is 1. The van der Waals surface area contributed by atoms with Crippen LogP contribution in [-0.4, -0.2) is 25.3 Å². The molecule has 0 saturated heterocycles. The van der Waals surface area contributed by atoms with Crippen LogP contribution in [0.15, 0.2) is 51.0 Å². The third-order valence-electron chi connectivity index (χ3n) is 4.36. The molecule has 4 rings (SSSR count). The van der Waals surface area contributed by atoms with E-state index in [9.17, 15) is 14.1 Å². The van der Waals surface area contributed by atoms with E-state index in [1.807, 2.05) is 12.1 Å². The zero-order valence-corrected chi connectivity index (χ0v) is 17.7. The molecular formula is C19H13BrClN3O3S. The van der Waals surface area contributed by atoms with Crippen LogP contribution in [0.3, 0.4) is 0 Å². The van der Waals surface area contributed by atoms with Crippen molar-refractivity contribution >= 4 is 66.4 Å². The van der Waals surface area contributed by atoms with Gasteiger partial charge in [0.2, 0.25) is 10.5 Å². The van der Waals surface area contributed by atoms with E-state index in [0.29, 0.717) is 9.99 Å². The molecular weight excluding hydrogens is 466 g/mol. The number of fused-ring (bicyclic) bond motifs is 2. The topological polar surface area (TPSA) is 102 Å². The third kappa shape index (κ3) is 3.26. The first-order chi connectivity index (χ1) is 13.4. The normalized spacial score (nSPS) is 12.6. The van der Waals surface area contributed by atoms with Crippen molar-refractivity contribution in [3.05, 3.63) is 67.5 Å². The average molecular weight is 479 g/mol. The highest BCUT2D eigenvalue weighted by atomic mass is 79.9. The summed E-state index contributed by atoms with van der Waals surface area (Å²) >= 11 is 7.88. The van der Waals surface area contributed by atoms with Crippen LogP contribution < -0.4 is 5.43 Å². The highest BCUT2D eigenvalue weighted by molar-refractivity contribution is 9.10. The molecule has 9 heteroatoms. The molecule has 2 N–H and O–H groups in total. The molecule has 0 aliphatic carbocycles. The number of rotatable bonds is 4. The summed E-state index contributed by atoms with van der Waals surface area (Å²) in [6, 6.07) is 6.99. The smallest absolute Gasteiger partial charge is 0.238 e. The number of hydrogen-bond acceptors (Lipinski definition) is 4. The second-order valence-corrected chi connectivity index (χ2v) is 8.89. The number of hydrogen-bond donors (Lipinski definition) is 2. The number of halogens is 2. The van der Waals surface area contributed by atoms with Gasteiger partial charge in [-0.1, -0.05) is 11.6 Å². The van der Waals surface area contributed by atoms with Gasteiger partial charge in [0.05, 0.1) is 15.9 Å². The minimum Gasteiger partial charge on any atom is -0.610 e. The van der Waals surface area contributed by atoms with Gasteiger partial charge in [0.25, 0.3) is 0 Å². The van der Waals surface area contributed by atoms with Crippen molar-refractivity contribution in [1.82, 2.24) is 15.0 Å². The van der Waals surface area contributed by atoms with Gasteiger partial charge in [0.15, 0.2) is 5.78 Å². The maximum atomic E-state index is 13.1. The Hall–Kier alpha value is -2.13. The van der Waals surface area contributed by atoms with E-state index in [1.54, 1.807) is 24.5 Å². The van der Waals surface area contributed by atoms with E-state index in [2.05, 4.69) is 30.9 Å². The molecule has 1 atom stereocenters. The lowest BCUT2D eigenvalue weighted by Crippen LogP contribution is -2.22. The van der Waals surface area contributed by atoms with Crippen molar-refractivity contribution in [2.75, 3.05) is 0 Å². The van der Waals surface area contributed by atoms with E-state index >= 15 is 0 Å². The predicted molar refractivity (Wildman–Crippen MR) is 113 cm³/mol. The second-order valence-electron chi connectivity index (χ2n) is 6.24. The van der Waals surface area contributed by atoms with Crippen LogP contribution in [0.4, 0.5) is 0 Å². The fraction of sp³-hybridized carbons (Fsp3) is 0.105. The summed E-state index contributed by atoms with van der Waals surface area (Å²) in [7, 11) is 0. The predicted octanol–water partition coefficient (Wildman–Crippen LogP) is 4.33. The van der Waals surface area contributed by atoms with Crippen LogP contribution >= 0.6 is 27.5 Å². The average Bonchev–Trinajstić information content (AvgIpc) is 3.11. The fourth-order valence-corrected chi connectivity index (χ4v) is 5.04. The number of H-pyrrole nitrogens is 2. The fourth-order valence-electron chi connectivity index (χ4n) is 3.08. The van der Waals surface area contributed by atoms with Gasteiger partial charge in [0.1, 0.15) is 17.0 Å². The van der Waals surface area contributed by atoms with Gasteiger partial charge in [0, 0.05) is 39.0 Å². The van der Waals surface area contributed by atoms with E-state index in [4.69, 9.17) is 11.6 Å². The molecule has 0 amide bonds. The highest BCUT2D eigenvalue weighted by Crippen LogP contribution is 2.29. The van der Waals surface area contributed by atoms with Crippen molar-refractivity contribution in [2.24, 2.45) is 0 Å². The molecule has 4 aromatic rings. The van der Waals surface area contributed by atoms with Crippen molar-refractivity contribution < 1.29 is 9.35 Å². The van der Waals surface area contributed by atoms with Crippen molar-refractivity contribution in [2.45, 2.75) is 17.7 Å². The van der Waals surface area contributed by atoms with Crippen molar-refractivity contribution in [1.29, 1.82) is 0 Å². The van der Waals surface area contributed by atoms with Crippen LogP contribution in [0, 0.1) is 0 Å². The summed E-state index contributed by atoms with van der Waals surface area (Å²) in [5, 5.41) is 1.39. The molecule has 1 aromatic carbocycles. The number of pyridine rings is 2. The number of carbonyl (C=O) groups is 1. The van der Waals surface area contributed by atoms with E-state index in [-0.39, 0.29) is 26.8 Å². The van der Waals surface area contributed by atoms with Gasteiger partial charge in [-0.25, -0.2) is 4.98 Å². The number of ketones is 1. The molecule has 0 spiro atoms. The Morgan fingerprint density at radius 3 is 2.89 bits per heavy atom. The minimum absolute atomic E-state index is 0.0853. The third-order valence-corrected chi connectivity index (χ3v) is 6.69. The van der Waals surface area contributed by atoms with E-state index < -0.39 is 22.4 Å². The largest absolute Gasteiger partial charge is 0.610 e. The Morgan fingerprint density at radius 2 is 2.14 bits per heavy atom. The first-order valence-corrected chi connectivity index (χ1v) is 10.7. The van der Waals surface area contributed by atoms with Gasteiger partial charge in [-0.15, -0.1) is 0 Å². The van der Waals surface area contributed by atoms with Crippen LogP contribution in [0.2, 0.25) is 5.02 Å². The van der Waals surface area contributed by atoms with Gasteiger partial charge in [-0.2, -0.15) is 0 Å². The second kappa shape index (κ2) is 7.36. The molecule has 28 heavy (non-hydrogen) atoms. The van der Waals surface area contributed by atoms with Crippen LogP contribution in [0.5, 0.6) is 0 Å². The number of aromatic nitrogens is 3. The minimum atomic E-state index is -1.67. The van der Waals surface area contributed by atoms with E-state index in [0.717, 1.165) is 16.6 Å². The summed E-state index contributed by atoms with van der Waals surface area (Å²) in [4.78, 5) is 35.4. The molecule has 1 unspecified atom stereocenters. The molecule has 0 fully saturated rings. The van der Waals surface area contributed by atoms with Crippen LogP contribution in [0.25, 0.3) is 21.9 Å². The first-order valence-electron chi connectivity index (χ1n) is 8.22. The van der Waals surface area contributed by atoms with Gasteiger partial charge in [-0.3, -0.25) is 9.59 Å². The maximum absolute atomic E-state index is 13.1. The summed E-state index contributed by atoms with van der Waals surface area (Å²) in [6.45, 7) is 1.27. The zero-order valence-electron chi connectivity index (χ0n) is 14.5. The molecule has 0 aliphatic rings. The maximum Gasteiger partial charge on any atom is 0.238 e. The quantitative estimate of drug-likeness (QED) is 0.337. The Kier molecular flexibility index (Phi) is 5.05. The van der Waals surface area contributed by atoms with E-state index in [1.165, 1.54) is 6.92 Å². The standard InChI is InChI=1S/C19H13BrClN3O3S/c1-9(25)14-17(26)15-13(21)3-2-12(20)16(15)24-19(14)28(27)8-10-6-11-4-5-22-18(11)23-7-10/h2-7H,8H2,1H3,(H,22,23)(H,24,26). The number of Topliss-reactive ketones (excluding diaryl/α,β-unsaturated/α-hetero) is 1. The Balaban J connectivity index is 1.86. The number of aromatic amines is 2. The summed E-state index contributed by atoms with van der Waals surface area (Å²) in [5.41, 5.74) is 1.20. The summed E-state index contributed by atoms with van der Waals surface area (Å²) < 4.78 is 13.7. The lowest BCUT2D eigenvalue weighted by molar-refractivity contribution is 0.101. The SMILES string of the molecule is CC(=O)c1c([S+]([O-])Cc2cnc3[nH]ccc3c2)[nH]c2c(Br)ccc(Cl)c2c1=O. The first kappa shape index (κ1) is 19.2. The summed E-state index contributed by atoms with van der Waals surface area (Å²) in [6.07, 6.45) is 3.39. The molecule has 142 valence electrons. The lowest BCUT2D eigenvalue weighted by atomic mass is 10.1. The van der Waals surface area contributed by atoms with Gasteiger partial charge >= 0.3 is 0 Å².